The maximum atomic E-state index is 9.16. The Bertz CT molecular complexity index is 672. The van der Waals surface area contributed by atoms with Crippen LogP contribution in [0.3, 0.4) is 0 Å². The summed E-state index contributed by atoms with van der Waals surface area (Å²) in [5, 5.41) is 13.3. The Morgan fingerprint density at radius 1 is 1.25 bits per heavy atom. The minimum absolute atomic E-state index is 0.726. The Morgan fingerprint density at radius 3 is 2.94 bits per heavy atom. The molecule has 3 aromatic rings. The molecule has 0 aliphatic carbocycles. The molecule has 0 bridgehead atoms. The Balaban J connectivity index is 2.42. The molecule has 16 heavy (non-hydrogen) atoms. The topological polar surface area (TPSA) is 28.2 Å². The molecule has 0 radical (unpaired) electrons. The van der Waals surface area contributed by atoms with E-state index in [2.05, 4.69) is 15.8 Å². The summed E-state index contributed by atoms with van der Waals surface area (Å²) >= 11 is 1.64. The molecular formula is C13H8N2S. The highest BCUT2D eigenvalue weighted by Gasteiger charge is 2.11. The van der Waals surface area contributed by atoms with E-state index in [-0.39, 0.29) is 0 Å². The van der Waals surface area contributed by atoms with Crippen LogP contribution in [0.5, 0.6) is 0 Å². The van der Waals surface area contributed by atoms with Crippen LogP contribution < -0.4 is 0 Å². The van der Waals surface area contributed by atoms with E-state index < -0.39 is 0 Å². The normalized spacial score (nSPS) is 10.4. The molecule has 0 fully saturated rings. The first kappa shape index (κ1) is 9.20. The number of pyridine rings is 1. The van der Waals surface area contributed by atoms with E-state index in [1.807, 2.05) is 41.9 Å². The number of rotatable bonds is 1. The average molecular weight is 224 g/mol. The van der Waals surface area contributed by atoms with Gasteiger partial charge in [-0.25, -0.2) is 0 Å². The van der Waals surface area contributed by atoms with Gasteiger partial charge < -0.3 is 4.40 Å². The second kappa shape index (κ2) is 3.51. The van der Waals surface area contributed by atoms with Gasteiger partial charge in [0.25, 0.3) is 0 Å². The van der Waals surface area contributed by atoms with E-state index in [9.17, 15) is 0 Å². The van der Waals surface area contributed by atoms with Crippen LogP contribution in [0, 0.1) is 11.3 Å². The summed E-state index contributed by atoms with van der Waals surface area (Å²) in [6, 6.07) is 12.2. The highest BCUT2D eigenvalue weighted by molar-refractivity contribution is 7.08. The number of nitrogens with zero attached hydrogens (tertiary/aromatic N) is 2. The van der Waals surface area contributed by atoms with Gasteiger partial charge in [-0.2, -0.15) is 16.6 Å². The summed E-state index contributed by atoms with van der Waals surface area (Å²) < 4.78 is 2.06. The fourth-order valence-corrected chi connectivity index (χ4v) is 2.54. The first-order valence-electron chi connectivity index (χ1n) is 4.93. The van der Waals surface area contributed by atoms with Crippen molar-refractivity contribution in [2.45, 2.75) is 0 Å². The lowest BCUT2D eigenvalue weighted by molar-refractivity contribution is 1.20. The summed E-state index contributed by atoms with van der Waals surface area (Å²) in [5.74, 6) is 0. The Morgan fingerprint density at radius 2 is 2.19 bits per heavy atom. The SMILES string of the molecule is N#Cc1cc2ccccn2c1-c1ccsc1. The van der Waals surface area contributed by atoms with Crippen molar-refractivity contribution in [3.63, 3.8) is 0 Å². The number of fused-ring (bicyclic) bond motifs is 1. The second-order valence-corrected chi connectivity index (χ2v) is 4.31. The lowest BCUT2D eigenvalue weighted by Crippen LogP contribution is -1.86. The molecule has 0 aromatic carbocycles. The minimum Gasteiger partial charge on any atom is -0.315 e. The first-order valence-corrected chi connectivity index (χ1v) is 5.87. The predicted molar refractivity (Wildman–Crippen MR) is 65.4 cm³/mol. The van der Waals surface area contributed by atoms with Gasteiger partial charge in [0.1, 0.15) is 6.07 Å². The number of nitriles is 1. The second-order valence-electron chi connectivity index (χ2n) is 3.53. The molecule has 0 aliphatic rings. The van der Waals surface area contributed by atoms with E-state index in [1.54, 1.807) is 11.3 Å². The van der Waals surface area contributed by atoms with Crippen LogP contribution in [0.4, 0.5) is 0 Å². The molecule has 76 valence electrons. The number of hydrogen-bond donors (Lipinski definition) is 0. The van der Waals surface area contributed by atoms with Crippen LogP contribution in [0.1, 0.15) is 5.56 Å². The summed E-state index contributed by atoms with van der Waals surface area (Å²) in [5.41, 5.74) is 3.87. The zero-order valence-electron chi connectivity index (χ0n) is 8.42. The van der Waals surface area contributed by atoms with Gasteiger partial charge in [-0.1, -0.05) is 6.07 Å². The minimum atomic E-state index is 0.726. The largest absolute Gasteiger partial charge is 0.315 e. The van der Waals surface area contributed by atoms with Crippen molar-refractivity contribution in [2.75, 3.05) is 0 Å². The fourth-order valence-electron chi connectivity index (χ4n) is 1.90. The molecule has 2 nitrogen and oxygen atoms in total. The maximum Gasteiger partial charge on any atom is 0.101 e. The molecule has 0 saturated heterocycles. The van der Waals surface area contributed by atoms with E-state index >= 15 is 0 Å². The van der Waals surface area contributed by atoms with Crippen molar-refractivity contribution in [3.05, 3.63) is 52.9 Å². The highest BCUT2D eigenvalue weighted by atomic mass is 32.1. The van der Waals surface area contributed by atoms with Crippen LogP contribution >= 0.6 is 11.3 Å². The van der Waals surface area contributed by atoms with Crippen LogP contribution in [-0.2, 0) is 0 Å². The number of thiophene rings is 1. The molecule has 0 saturated carbocycles. The van der Waals surface area contributed by atoms with Gasteiger partial charge in [0.15, 0.2) is 0 Å². The standard InChI is InChI=1S/C13H8N2S/c14-8-11-7-12-3-1-2-5-15(12)13(11)10-4-6-16-9-10/h1-7,9H. The first-order chi connectivity index (χ1) is 7.90. The summed E-state index contributed by atoms with van der Waals surface area (Å²) in [6.45, 7) is 0. The Kier molecular flexibility index (Phi) is 2.02. The van der Waals surface area contributed by atoms with E-state index in [0.717, 1.165) is 22.3 Å². The highest BCUT2D eigenvalue weighted by Crippen LogP contribution is 2.28. The van der Waals surface area contributed by atoms with Crippen LogP contribution in [-0.4, -0.2) is 4.40 Å². The van der Waals surface area contributed by atoms with Crippen molar-refractivity contribution in [1.29, 1.82) is 5.26 Å². The summed E-state index contributed by atoms with van der Waals surface area (Å²) in [4.78, 5) is 0. The smallest absolute Gasteiger partial charge is 0.101 e. The van der Waals surface area contributed by atoms with Crippen LogP contribution in [0.25, 0.3) is 16.8 Å². The van der Waals surface area contributed by atoms with Crippen molar-refractivity contribution >= 4 is 16.9 Å². The maximum absolute atomic E-state index is 9.16. The molecule has 3 aromatic heterocycles. The van der Waals surface area contributed by atoms with Gasteiger partial charge in [0.05, 0.1) is 11.3 Å². The zero-order valence-corrected chi connectivity index (χ0v) is 9.24. The van der Waals surface area contributed by atoms with Gasteiger partial charge >= 0.3 is 0 Å². The quantitative estimate of drug-likeness (QED) is 0.621. The van der Waals surface area contributed by atoms with E-state index in [4.69, 9.17) is 5.26 Å². The van der Waals surface area contributed by atoms with Gasteiger partial charge in [-0.15, -0.1) is 0 Å². The van der Waals surface area contributed by atoms with Gasteiger partial charge in [0.2, 0.25) is 0 Å². The zero-order chi connectivity index (χ0) is 11.0. The molecule has 0 atom stereocenters. The molecule has 3 heteroatoms. The molecule has 0 spiro atoms. The summed E-state index contributed by atoms with van der Waals surface area (Å²) in [7, 11) is 0. The fraction of sp³-hybridized carbons (Fsp3) is 0. The molecule has 3 heterocycles. The van der Waals surface area contributed by atoms with Gasteiger partial charge in [-0.05, 0) is 29.6 Å². The molecule has 0 unspecified atom stereocenters. The number of hydrogen-bond acceptors (Lipinski definition) is 2. The molecule has 0 amide bonds. The number of aromatic nitrogens is 1. The lowest BCUT2D eigenvalue weighted by Gasteiger charge is -2.00. The van der Waals surface area contributed by atoms with Gasteiger partial charge in [0, 0.05) is 22.7 Å². The van der Waals surface area contributed by atoms with Crippen molar-refractivity contribution in [1.82, 2.24) is 4.40 Å². The Hall–Kier alpha value is -2.05. The third-order valence-corrected chi connectivity index (χ3v) is 3.28. The van der Waals surface area contributed by atoms with Crippen LogP contribution in [0.2, 0.25) is 0 Å². The average Bonchev–Trinajstić information content (AvgIpc) is 2.94. The predicted octanol–water partition coefficient (Wildman–Crippen LogP) is 3.54. The third kappa shape index (κ3) is 1.24. The Labute approximate surface area is 97.0 Å². The van der Waals surface area contributed by atoms with E-state index in [0.29, 0.717) is 0 Å². The van der Waals surface area contributed by atoms with E-state index in [1.165, 1.54) is 0 Å². The third-order valence-electron chi connectivity index (χ3n) is 2.59. The molecular weight excluding hydrogens is 216 g/mol. The van der Waals surface area contributed by atoms with Gasteiger partial charge in [-0.3, -0.25) is 0 Å². The molecule has 0 N–H and O–H groups in total. The molecule has 3 rings (SSSR count). The van der Waals surface area contributed by atoms with Crippen molar-refractivity contribution < 1.29 is 0 Å². The van der Waals surface area contributed by atoms with Crippen molar-refractivity contribution in [2.24, 2.45) is 0 Å². The van der Waals surface area contributed by atoms with Crippen molar-refractivity contribution in [3.8, 4) is 17.3 Å². The monoisotopic (exact) mass is 224 g/mol. The lowest BCUT2D eigenvalue weighted by atomic mass is 10.1. The molecule has 0 aliphatic heterocycles. The van der Waals surface area contributed by atoms with Crippen LogP contribution in [0.15, 0.2) is 47.3 Å². The summed E-state index contributed by atoms with van der Waals surface area (Å²) in [6.07, 6.45) is 1.99.